The van der Waals surface area contributed by atoms with Gasteiger partial charge in [-0.3, -0.25) is 13.9 Å². The van der Waals surface area contributed by atoms with Crippen LogP contribution in [0.3, 0.4) is 0 Å². The lowest BCUT2D eigenvalue weighted by molar-refractivity contribution is 0.0992. The van der Waals surface area contributed by atoms with Crippen molar-refractivity contribution < 1.29 is 4.79 Å². The van der Waals surface area contributed by atoms with Crippen LogP contribution in [0.15, 0.2) is 23.0 Å². The van der Waals surface area contributed by atoms with E-state index in [0.29, 0.717) is 5.56 Å². The van der Waals surface area contributed by atoms with E-state index in [0.717, 1.165) is 11.0 Å². The van der Waals surface area contributed by atoms with E-state index in [1.165, 1.54) is 4.57 Å². The zero-order valence-corrected chi connectivity index (χ0v) is 10.7. The van der Waals surface area contributed by atoms with Gasteiger partial charge in [0.1, 0.15) is 0 Å². The summed E-state index contributed by atoms with van der Waals surface area (Å²) in [4.78, 5) is 23.5. The van der Waals surface area contributed by atoms with E-state index in [2.05, 4.69) is 0 Å². The highest BCUT2D eigenvalue weighted by molar-refractivity contribution is 6.33. The van der Waals surface area contributed by atoms with Gasteiger partial charge in [0.05, 0.1) is 16.4 Å². The van der Waals surface area contributed by atoms with Gasteiger partial charge in [0.15, 0.2) is 5.78 Å². The second-order valence-corrected chi connectivity index (χ2v) is 4.74. The van der Waals surface area contributed by atoms with Crippen LogP contribution >= 0.6 is 11.6 Å². The monoisotopic (exact) mass is 252 g/mol. The van der Waals surface area contributed by atoms with Crippen molar-refractivity contribution in [2.45, 2.75) is 12.3 Å². The topological polar surface area (TPSA) is 44.0 Å². The van der Waals surface area contributed by atoms with E-state index in [1.807, 2.05) is 0 Å². The van der Waals surface area contributed by atoms with Crippen LogP contribution in [0.25, 0.3) is 11.0 Å². The predicted molar refractivity (Wildman–Crippen MR) is 67.8 cm³/mol. The van der Waals surface area contributed by atoms with E-state index < -0.39 is 5.38 Å². The number of imidazole rings is 1. The number of hydrogen-bond acceptors (Lipinski definition) is 2. The van der Waals surface area contributed by atoms with Crippen molar-refractivity contribution in [3.63, 3.8) is 0 Å². The van der Waals surface area contributed by atoms with Crippen molar-refractivity contribution in [3.05, 3.63) is 34.2 Å². The minimum Gasteiger partial charge on any atom is -0.295 e. The Morgan fingerprint density at radius 1 is 1.24 bits per heavy atom. The summed E-state index contributed by atoms with van der Waals surface area (Å²) in [6.45, 7) is 1.64. The molecule has 90 valence electrons. The second-order valence-electron chi connectivity index (χ2n) is 4.08. The zero-order valence-electron chi connectivity index (χ0n) is 9.90. The zero-order chi connectivity index (χ0) is 12.7. The fourth-order valence-corrected chi connectivity index (χ4v) is 2.02. The first-order chi connectivity index (χ1) is 7.93. The Hall–Kier alpha value is -1.55. The van der Waals surface area contributed by atoms with E-state index >= 15 is 0 Å². The van der Waals surface area contributed by atoms with Crippen molar-refractivity contribution in [1.29, 1.82) is 0 Å². The quantitative estimate of drug-likeness (QED) is 0.603. The van der Waals surface area contributed by atoms with Crippen molar-refractivity contribution in [2.24, 2.45) is 14.1 Å². The summed E-state index contributed by atoms with van der Waals surface area (Å²) in [5.74, 6) is -0.134. The van der Waals surface area contributed by atoms with Crippen molar-refractivity contribution >= 4 is 28.4 Å². The first kappa shape index (κ1) is 11.9. The smallest absolute Gasteiger partial charge is 0.295 e. The highest BCUT2D eigenvalue weighted by atomic mass is 35.5. The Morgan fingerprint density at radius 3 is 2.41 bits per heavy atom. The molecule has 5 heteroatoms. The first-order valence-electron chi connectivity index (χ1n) is 5.27. The Labute approximate surface area is 103 Å². The highest BCUT2D eigenvalue weighted by Crippen LogP contribution is 2.16. The molecular formula is C12H13ClN2O2. The average molecular weight is 253 g/mol. The molecule has 0 spiro atoms. The molecule has 0 radical (unpaired) electrons. The second kappa shape index (κ2) is 4.04. The number of alkyl halides is 1. The third kappa shape index (κ3) is 1.78. The molecule has 4 nitrogen and oxygen atoms in total. The molecule has 2 rings (SSSR count). The summed E-state index contributed by atoms with van der Waals surface area (Å²) in [5, 5.41) is -0.562. The van der Waals surface area contributed by atoms with Gasteiger partial charge in [-0.15, -0.1) is 11.6 Å². The maximum Gasteiger partial charge on any atom is 0.328 e. The third-order valence-electron chi connectivity index (χ3n) is 2.92. The summed E-state index contributed by atoms with van der Waals surface area (Å²) in [5.41, 5.74) is 1.96. The summed E-state index contributed by atoms with van der Waals surface area (Å²) in [7, 11) is 3.39. The van der Waals surface area contributed by atoms with Gasteiger partial charge in [-0.25, -0.2) is 4.79 Å². The number of benzene rings is 1. The molecular weight excluding hydrogens is 240 g/mol. The average Bonchev–Trinajstić information content (AvgIpc) is 2.53. The number of ketones is 1. The predicted octanol–water partition coefficient (Wildman–Crippen LogP) is 1.69. The molecule has 0 aliphatic rings. The van der Waals surface area contributed by atoms with Crippen LogP contribution in [0.5, 0.6) is 0 Å². The lowest BCUT2D eigenvalue weighted by atomic mass is 10.1. The van der Waals surface area contributed by atoms with Crippen molar-refractivity contribution in [3.8, 4) is 0 Å². The minimum absolute atomic E-state index is 0.108. The van der Waals surface area contributed by atoms with E-state index in [-0.39, 0.29) is 11.5 Å². The SMILES string of the molecule is C[C@@H](Cl)C(=O)c1ccc2c(c1)n(C)c(=O)n2C. The Balaban J connectivity index is 2.71. The fraction of sp³-hybridized carbons (Fsp3) is 0.333. The number of halogens is 1. The molecule has 2 aromatic rings. The van der Waals surface area contributed by atoms with Crippen LogP contribution in [-0.2, 0) is 14.1 Å². The maximum absolute atomic E-state index is 11.8. The Bertz CT molecular complexity index is 652. The molecule has 1 aromatic heterocycles. The number of rotatable bonds is 2. The Morgan fingerprint density at radius 2 is 1.82 bits per heavy atom. The molecule has 0 aliphatic carbocycles. The number of hydrogen-bond donors (Lipinski definition) is 0. The van der Waals surface area contributed by atoms with Gasteiger partial charge in [-0.1, -0.05) is 0 Å². The van der Waals surface area contributed by atoms with Gasteiger partial charge in [-0.2, -0.15) is 0 Å². The van der Waals surface area contributed by atoms with E-state index in [4.69, 9.17) is 11.6 Å². The number of carbonyl (C=O) groups excluding carboxylic acids is 1. The van der Waals surface area contributed by atoms with Crippen molar-refractivity contribution in [1.82, 2.24) is 9.13 Å². The van der Waals surface area contributed by atoms with Crippen LogP contribution in [0.4, 0.5) is 0 Å². The summed E-state index contributed by atoms with van der Waals surface area (Å²) < 4.78 is 3.07. The third-order valence-corrected chi connectivity index (χ3v) is 3.12. The molecule has 0 saturated heterocycles. The molecule has 0 aliphatic heterocycles. The van der Waals surface area contributed by atoms with E-state index in [1.54, 1.807) is 43.8 Å². The molecule has 0 bridgehead atoms. The van der Waals surface area contributed by atoms with Gasteiger partial charge in [0.2, 0.25) is 0 Å². The summed E-state index contributed by atoms with van der Waals surface area (Å²) >= 11 is 5.77. The minimum atomic E-state index is -0.562. The normalized spacial score (nSPS) is 12.9. The molecule has 1 heterocycles. The number of nitrogens with zero attached hydrogens (tertiary/aromatic N) is 2. The lowest BCUT2D eigenvalue weighted by Gasteiger charge is -2.03. The van der Waals surface area contributed by atoms with Crippen LogP contribution in [0.2, 0.25) is 0 Å². The molecule has 0 saturated carbocycles. The summed E-state index contributed by atoms with van der Waals surface area (Å²) in [6, 6.07) is 5.17. The van der Waals surface area contributed by atoms with Crippen LogP contribution in [0.1, 0.15) is 17.3 Å². The molecule has 17 heavy (non-hydrogen) atoms. The van der Waals surface area contributed by atoms with Crippen molar-refractivity contribution in [2.75, 3.05) is 0 Å². The first-order valence-corrected chi connectivity index (χ1v) is 5.71. The number of aryl methyl sites for hydroxylation is 2. The Kier molecular flexibility index (Phi) is 2.83. The van der Waals surface area contributed by atoms with Gasteiger partial charge in [0.25, 0.3) is 0 Å². The standard InChI is InChI=1S/C12H13ClN2O2/c1-7(13)11(16)8-4-5-9-10(6-8)15(3)12(17)14(9)2/h4-7H,1-3H3/t7-/m1/s1. The number of Topliss-reactive ketones (excluding diaryl/α,β-unsaturated/α-hetero) is 1. The molecule has 0 unspecified atom stereocenters. The fourth-order valence-electron chi connectivity index (χ4n) is 1.89. The van der Waals surface area contributed by atoms with Crippen LogP contribution < -0.4 is 5.69 Å². The van der Waals surface area contributed by atoms with Gasteiger partial charge in [0, 0.05) is 19.7 Å². The highest BCUT2D eigenvalue weighted by Gasteiger charge is 2.15. The van der Waals surface area contributed by atoms with Gasteiger partial charge < -0.3 is 0 Å². The molecule has 0 fully saturated rings. The van der Waals surface area contributed by atoms with Gasteiger partial charge >= 0.3 is 5.69 Å². The lowest BCUT2D eigenvalue weighted by Crippen LogP contribution is -2.19. The molecule has 0 N–H and O–H groups in total. The van der Waals surface area contributed by atoms with Crippen LogP contribution in [0, 0.1) is 0 Å². The maximum atomic E-state index is 11.8. The number of fused-ring (bicyclic) bond motifs is 1. The number of carbonyl (C=O) groups is 1. The molecule has 1 aromatic carbocycles. The van der Waals surface area contributed by atoms with E-state index in [9.17, 15) is 9.59 Å². The van der Waals surface area contributed by atoms with Gasteiger partial charge in [-0.05, 0) is 25.1 Å². The molecule has 0 amide bonds. The number of aromatic nitrogens is 2. The molecule has 1 atom stereocenters. The summed E-state index contributed by atoms with van der Waals surface area (Å²) in [6.07, 6.45) is 0. The largest absolute Gasteiger partial charge is 0.328 e. The van der Waals surface area contributed by atoms with Crippen LogP contribution in [-0.4, -0.2) is 20.3 Å².